The highest BCUT2D eigenvalue weighted by Gasteiger charge is 2.30. The lowest BCUT2D eigenvalue weighted by molar-refractivity contribution is 0.0513. The fourth-order valence-corrected chi connectivity index (χ4v) is 2.66. The molecule has 7 nitrogen and oxygen atoms in total. The SMILES string of the molecule is CCOC(=O)c1c(O)c(O)c(-c2ccccn2)n1-c1ccc(OC)cc1. The van der Waals surface area contributed by atoms with Crippen LogP contribution in [0.25, 0.3) is 17.1 Å². The van der Waals surface area contributed by atoms with Crippen LogP contribution in [-0.4, -0.2) is 39.5 Å². The van der Waals surface area contributed by atoms with Gasteiger partial charge in [0.25, 0.3) is 0 Å². The smallest absolute Gasteiger partial charge is 0.359 e. The normalized spacial score (nSPS) is 10.5. The largest absolute Gasteiger partial charge is 0.503 e. The quantitative estimate of drug-likeness (QED) is 0.684. The summed E-state index contributed by atoms with van der Waals surface area (Å²) in [5, 5.41) is 20.9. The van der Waals surface area contributed by atoms with E-state index in [9.17, 15) is 15.0 Å². The van der Waals surface area contributed by atoms with Gasteiger partial charge in [-0.2, -0.15) is 0 Å². The van der Waals surface area contributed by atoms with Gasteiger partial charge in [0.05, 0.1) is 19.4 Å². The van der Waals surface area contributed by atoms with Crippen LogP contribution in [0.2, 0.25) is 0 Å². The summed E-state index contributed by atoms with van der Waals surface area (Å²) in [6, 6.07) is 12.0. The Kier molecular flexibility index (Phi) is 4.79. The zero-order valence-electron chi connectivity index (χ0n) is 14.3. The Morgan fingerprint density at radius 2 is 1.85 bits per heavy atom. The zero-order chi connectivity index (χ0) is 18.7. The number of esters is 1. The summed E-state index contributed by atoms with van der Waals surface area (Å²) in [6.07, 6.45) is 1.56. The average molecular weight is 354 g/mol. The number of hydrogen-bond donors (Lipinski definition) is 2. The molecule has 0 saturated carbocycles. The van der Waals surface area contributed by atoms with E-state index < -0.39 is 17.5 Å². The first-order chi connectivity index (χ1) is 12.6. The highest BCUT2D eigenvalue weighted by Crippen LogP contribution is 2.43. The van der Waals surface area contributed by atoms with Crippen LogP contribution in [-0.2, 0) is 4.74 Å². The molecular weight excluding hydrogens is 336 g/mol. The van der Waals surface area contributed by atoms with Gasteiger partial charge in [-0.3, -0.25) is 9.55 Å². The second-order valence-electron chi connectivity index (χ2n) is 5.36. The molecule has 0 atom stereocenters. The van der Waals surface area contributed by atoms with Crippen molar-refractivity contribution < 1.29 is 24.5 Å². The first-order valence-electron chi connectivity index (χ1n) is 7.98. The van der Waals surface area contributed by atoms with Gasteiger partial charge in [0, 0.05) is 11.9 Å². The van der Waals surface area contributed by atoms with E-state index in [4.69, 9.17) is 9.47 Å². The van der Waals surface area contributed by atoms with E-state index in [1.807, 2.05) is 0 Å². The molecule has 3 rings (SSSR count). The fraction of sp³-hybridized carbons (Fsp3) is 0.158. The number of rotatable bonds is 5. The molecule has 0 fully saturated rings. The van der Waals surface area contributed by atoms with Crippen LogP contribution in [0.15, 0.2) is 48.7 Å². The summed E-state index contributed by atoms with van der Waals surface area (Å²) in [6.45, 7) is 1.79. The molecule has 1 aromatic carbocycles. The fourth-order valence-electron chi connectivity index (χ4n) is 2.66. The minimum absolute atomic E-state index is 0.131. The lowest BCUT2D eigenvalue weighted by Crippen LogP contribution is -2.12. The third-order valence-corrected chi connectivity index (χ3v) is 3.83. The number of pyridine rings is 1. The molecule has 0 bridgehead atoms. The zero-order valence-corrected chi connectivity index (χ0v) is 14.3. The summed E-state index contributed by atoms with van der Waals surface area (Å²) in [5.41, 5.74) is 0.947. The van der Waals surface area contributed by atoms with Crippen molar-refractivity contribution >= 4 is 5.97 Å². The van der Waals surface area contributed by atoms with Crippen molar-refractivity contribution in [2.75, 3.05) is 13.7 Å². The number of hydrogen-bond acceptors (Lipinski definition) is 6. The maximum absolute atomic E-state index is 12.4. The Labute approximate surface area is 150 Å². The maximum Gasteiger partial charge on any atom is 0.359 e. The van der Waals surface area contributed by atoms with E-state index >= 15 is 0 Å². The summed E-state index contributed by atoms with van der Waals surface area (Å²) in [4.78, 5) is 16.6. The number of benzene rings is 1. The third kappa shape index (κ3) is 2.95. The third-order valence-electron chi connectivity index (χ3n) is 3.83. The van der Waals surface area contributed by atoms with Crippen LogP contribution in [0.1, 0.15) is 17.4 Å². The van der Waals surface area contributed by atoms with Crippen LogP contribution in [0.4, 0.5) is 0 Å². The second kappa shape index (κ2) is 7.18. The van der Waals surface area contributed by atoms with Gasteiger partial charge in [0.1, 0.15) is 11.4 Å². The molecule has 0 spiro atoms. The highest BCUT2D eigenvalue weighted by molar-refractivity contribution is 5.96. The molecule has 134 valence electrons. The lowest BCUT2D eigenvalue weighted by atomic mass is 10.2. The van der Waals surface area contributed by atoms with Crippen LogP contribution >= 0.6 is 0 Å². The number of carbonyl (C=O) groups excluding carboxylic acids is 1. The van der Waals surface area contributed by atoms with Gasteiger partial charge < -0.3 is 19.7 Å². The molecule has 0 aliphatic heterocycles. The number of nitrogens with zero attached hydrogens (tertiary/aromatic N) is 2. The Bertz CT molecular complexity index is 917. The first-order valence-corrected chi connectivity index (χ1v) is 7.98. The number of ether oxygens (including phenoxy) is 2. The molecule has 7 heteroatoms. The molecule has 2 aromatic heterocycles. The van der Waals surface area contributed by atoms with Gasteiger partial charge in [0.2, 0.25) is 0 Å². The van der Waals surface area contributed by atoms with E-state index in [2.05, 4.69) is 4.98 Å². The van der Waals surface area contributed by atoms with E-state index in [0.29, 0.717) is 17.1 Å². The van der Waals surface area contributed by atoms with Gasteiger partial charge >= 0.3 is 5.97 Å². The Morgan fingerprint density at radius 1 is 1.12 bits per heavy atom. The number of methoxy groups -OCH3 is 1. The van der Waals surface area contributed by atoms with Crippen LogP contribution in [0, 0.1) is 0 Å². The number of carbonyl (C=O) groups is 1. The molecule has 0 amide bonds. The van der Waals surface area contributed by atoms with Crippen LogP contribution in [0.3, 0.4) is 0 Å². The molecular formula is C19H18N2O5. The minimum atomic E-state index is -0.752. The number of aromatic nitrogens is 2. The summed E-state index contributed by atoms with van der Waals surface area (Å²) >= 11 is 0. The molecule has 0 unspecified atom stereocenters. The standard InChI is InChI=1S/C19H18N2O5/c1-3-26-19(24)16-18(23)17(22)15(14-6-4-5-11-20-14)21(16)12-7-9-13(25-2)10-8-12/h4-11,22-23H,3H2,1-2H3. The number of aromatic hydroxyl groups is 2. The molecule has 0 aliphatic carbocycles. The van der Waals surface area contributed by atoms with Crippen molar-refractivity contribution in [3.05, 3.63) is 54.4 Å². The van der Waals surface area contributed by atoms with E-state index in [1.54, 1.807) is 62.7 Å². The summed E-state index contributed by atoms with van der Waals surface area (Å²) in [5.74, 6) is -1.12. The highest BCUT2D eigenvalue weighted by atomic mass is 16.5. The van der Waals surface area contributed by atoms with Crippen LogP contribution < -0.4 is 4.74 Å². The van der Waals surface area contributed by atoms with Gasteiger partial charge in [-0.25, -0.2) is 4.79 Å². The Morgan fingerprint density at radius 3 is 2.42 bits per heavy atom. The first kappa shape index (κ1) is 17.3. The van der Waals surface area contributed by atoms with Gasteiger partial charge in [-0.1, -0.05) is 6.07 Å². The van der Waals surface area contributed by atoms with Crippen molar-refractivity contribution in [2.24, 2.45) is 0 Å². The Balaban J connectivity index is 2.30. The van der Waals surface area contributed by atoms with Gasteiger partial charge in [-0.05, 0) is 43.3 Å². The Hall–Kier alpha value is -3.48. The van der Waals surface area contributed by atoms with Crippen molar-refractivity contribution in [1.29, 1.82) is 0 Å². The average Bonchev–Trinajstić information content (AvgIpc) is 2.94. The predicted molar refractivity (Wildman–Crippen MR) is 94.8 cm³/mol. The lowest BCUT2D eigenvalue weighted by Gasteiger charge is -2.13. The topological polar surface area (TPSA) is 93.8 Å². The van der Waals surface area contributed by atoms with E-state index in [-0.39, 0.29) is 18.0 Å². The molecule has 0 saturated heterocycles. The maximum atomic E-state index is 12.4. The van der Waals surface area contributed by atoms with E-state index in [0.717, 1.165) is 0 Å². The van der Waals surface area contributed by atoms with Gasteiger partial charge in [-0.15, -0.1) is 0 Å². The molecule has 26 heavy (non-hydrogen) atoms. The summed E-state index contributed by atoms with van der Waals surface area (Å²) < 4.78 is 11.6. The molecule has 2 heterocycles. The molecule has 3 aromatic rings. The van der Waals surface area contributed by atoms with Crippen molar-refractivity contribution in [3.63, 3.8) is 0 Å². The van der Waals surface area contributed by atoms with Crippen molar-refractivity contribution in [1.82, 2.24) is 9.55 Å². The predicted octanol–water partition coefficient (Wildman–Crippen LogP) is 3.14. The van der Waals surface area contributed by atoms with Gasteiger partial charge in [0.15, 0.2) is 17.2 Å². The van der Waals surface area contributed by atoms with Crippen molar-refractivity contribution in [2.45, 2.75) is 6.92 Å². The van der Waals surface area contributed by atoms with Crippen molar-refractivity contribution in [3.8, 4) is 34.3 Å². The molecule has 0 radical (unpaired) electrons. The van der Waals surface area contributed by atoms with Crippen LogP contribution in [0.5, 0.6) is 17.2 Å². The monoisotopic (exact) mass is 354 g/mol. The second-order valence-corrected chi connectivity index (χ2v) is 5.36. The van der Waals surface area contributed by atoms with E-state index in [1.165, 1.54) is 4.57 Å². The molecule has 0 aliphatic rings. The molecule has 2 N–H and O–H groups in total. The summed E-state index contributed by atoms with van der Waals surface area (Å²) in [7, 11) is 1.55. The minimum Gasteiger partial charge on any atom is -0.503 e.